The lowest BCUT2D eigenvalue weighted by atomic mass is 9.81. The summed E-state index contributed by atoms with van der Waals surface area (Å²) in [6.07, 6.45) is 4.94. The van der Waals surface area contributed by atoms with Crippen LogP contribution in [0.15, 0.2) is 119 Å². The molecule has 3 aromatic rings. The van der Waals surface area contributed by atoms with Crippen LogP contribution in [0.25, 0.3) is 0 Å². The van der Waals surface area contributed by atoms with Crippen molar-refractivity contribution < 1.29 is 148 Å². The lowest BCUT2D eigenvalue weighted by Gasteiger charge is -2.27. The molecule has 2 heterocycles. The highest BCUT2D eigenvalue weighted by Gasteiger charge is 2.45. The summed E-state index contributed by atoms with van der Waals surface area (Å²) in [6, 6.07) is 12.4. The van der Waals surface area contributed by atoms with Crippen LogP contribution in [0.2, 0.25) is 0 Å². The van der Waals surface area contributed by atoms with Crippen LogP contribution in [0.3, 0.4) is 0 Å². The van der Waals surface area contributed by atoms with Gasteiger partial charge in [-0.1, -0.05) is 98.6 Å². The van der Waals surface area contributed by atoms with E-state index < -0.39 is 218 Å². The minimum atomic E-state index is -4.59. The highest BCUT2D eigenvalue weighted by Crippen LogP contribution is 2.49. The zero-order valence-corrected chi connectivity index (χ0v) is 79.3. The zero-order chi connectivity index (χ0) is 99.8. The number of rotatable bonds is 70. The first-order valence-corrected chi connectivity index (χ1v) is 46.8. The molecule has 0 bridgehead atoms. The molecular formula is C96H133N8O30S+. The molecule has 0 spiro atoms. The number of carbonyl (C=O) groups excluding carboxylic acids is 10. The van der Waals surface area contributed by atoms with E-state index in [9.17, 15) is 110 Å². The van der Waals surface area contributed by atoms with Crippen molar-refractivity contribution in [2.24, 2.45) is 22.9 Å². The Labute approximate surface area is 787 Å². The molecule has 2 aliphatic rings. The van der Waals surface area contributed by atoms with Gasteiger partial charge in [-0.05, 0) is 139 Å². The Morgan fingerprint density at radius 2 is 1.06 bits per heavy atom. The SMILES string of the molecule is CCC(=O)COCCOCCNC(=O)COCCOCCCC(=O)[C@H](Cc1ccc(/C(C)=N/OCCNC(=O)OCCOC)cc1)NC(=O)[C@@H](CCC(=O)O)CC(=O)[C@@H](CCC(=O)O)NC(=O)[C@@H](CCC(=O)O)CC(=O)[C@@H](CCC(=O)O)NC(=O)[C@@H](CCC(=O)O)CC(=O)CCCCCN1/C(=C/C=C/C=C/C=C/C2=[N+](CC)c3ccc(C)cc3C2(C)C)C(C)(C)c2cc(S(=O)(=O)O)ccc21. The number of ketones is 5. The van der Waals surface area contributed by atoms with Gasteiger partial charge in [-0.15, -0.1) is 0 Å². The van der Waals surface area contributed by atoms with Gasteiger partial charge in [-0.2, -0.15) is 13.0 Å². The van der Waals surface area contributed by atoms with Gasteiger partial charge in [0, 0.05) is 150 Å². The molecule has 0 unspecified atom stereocenters. The number of anilines is 1. The van der Waals surface area contributed by atoms with E-state index in [4.69, 9.17) is 33.3 Å². The summed E-state index contributed by atoms with van der Waals surface area (Å²) >= 11 is 0. The molecule has 6 atom stereocenters. The van der Waals surface area contributed by atoms with Crippen molar-refractivity contribution in [1.82, 2.24) is 26.6 Å². The second kappa shape index (κ2) is 59.1. The molecule has 5 amide bonds. The summed E-state index contributed by atoms with van der Waals surface area (Å²) in [5, 5.41) is 66.1. The van der Waals surface area contributed by atoms with Gasteiger partial charge in [0.15, 0.2) is 28.8 Å². The van der Waals surface area contributed by atoms with Gasteiger partial charge in [0.1, 0.15) is 38.8 Å². The summed E-state index contributed by atoms with van der Waals surface area (Å²) in [5.74, 6) is -18.7. The van der Waals surface area contributed by atoms with E-state index in [-0.39, 0.29) is 134 Å². The average Bonchev–Trinajstić information content (AvgIpc) is 1.57. The molecule has 38 nitrogen and oxygen atoms in total. The van der Waals surface area contributed by atoms with Crippen molar-refractivity contribution in [2.75, 3.05) is 111 Å². The van der Waals surface area contributed by atoms with Crippen molar-refractivity contribution >= 4 is 121 Å². The van der Waals surface area contributed by atoms with Crippen LogP contribution in [0.1, 0.15) is 205 Å². The number of carboxylic acids is 5. The highest BCUT2D eigenvalue weighted by molar-refractivity contribution is 7.85. The summed E-state index contributed by atoms with van der Waals surface area (Å²) in [7, 11) is -3.14. The van der Waals surface area contributed by atoms with E-state index in [1.807, 2.05) is 55.2 Å². The third-order valence-electron chi connectivity index (χ3n) is 22.7. The molecule has 2 aliphatic heterocycles. The summed E-state index contributed by atoms with van der Waals surface area (Å²) in [5.41, 5.74) is 7.34. The normalized spacial score (nSPS) is 15.0. The first kappa shape index (κ1) is 114. The van der Waals surface area contributed by atoms with Crippen LogP contribution < -0.4 is 31.5 Å². The fourth-order valence-corrected chi connectivity index (χ4v) is 15.8. The summed E-state index contributed by atoms with van der Waals surface area (Å²) in [6.45, 7) is 17.7. The van der Waals surface area contributed by atoms with Crippen molar-refractivity contribution in [1.29, 1.82) is 0 Å². The monoisotopic (exact) mass is 1910 g/mol. The van der Waals surface area contributed by atoms with Gasteiger partial charge >= 0.3 is 35.9 Å². The Hall–Kier alpha value is -11.9. The molecule has 0 saturated carbocycles. The first-order chi connectivity index (χ1) is 64.1. The molecule has 135 heavy (non-hydrogen) atoms. The van der Waals surface area contributed by atoms with Crippen molar-refractivity contribution in [3.8, 4) is 0 Å². The second-order valence-corrected chi connectivity index (χ2v) is 35.2. The van der Waals surface area contributed by atoms with Crippen LogP contribution in [-0.4, -0.2) is 267 Å². The maximum Gasteiger partial charge on any atom is 0.407 e. The molecule has 0 aromatic heterocycles. The van der Waals surface area contributed by atoms with Gasteiger partial charge < -0.3 is 90.3 Å². The Kier molecular flexibility index (Phi) is 49.7. The molecule has 0 saturated heterocycles. The fraction of sp³-hybridized carbons (Fsp3) is 0.552. The van der Waals surface area contributed by atoms with Crippen molar-refractivity contribution in [2.45, 2.75) is 224 Å². The number of amides is 5. The van der Waals surface area contributed by atoms with Gasteiger partial charge in [-0.3, -0.25) is 71.7 Å². The maximum absolute atomic E-state index is 14.7. The van der Waals surface area contributed by atoms with Crippen LogP contribution >= 0.6 is 0 Å². The molecule has 5 rings (SSSR count). The fourth-order valence-electron chi connectivity index (χ4n) is 15.2. The Morgan fingerprint density at radius 1 is 0.519 bits per heavy atom. The molecule has 0 radical (unpaired) electrons. The van der Waals surface area contributed by atoms with E-state index >= 15 is 0 Å². The standard InChI is InChI=1S/C96H132N8O30S/c1-10-70(105)61-131-52-51-130-47-43-97-85(110)62-132-53-50-129-46-20-22-80(107)77(56-65-26-28-66(29-27-65)64(4)102-134-48-44-98-94(124)133-54-49-128-9)101-93(123)69(32-40-88(115)116)59-82(109)76(35-42-90(119)120)100-92(122)68(31-39-87(113)114)58-81(108)75(34-41-89(117)118)99-91(121)67(30-38-86(111)112)57-71(106)21-16-15-19-45-104-79-37-33-72(135(125,126)127)60-74(79)96(7,8)84(104)24-18-14-12-13-17-23-83-95(5,6)73-55-63(3)25-36-78(73)103(83)11-2/h12-14,17-18,23-29,33,36-37,55,60,67-69,75-77H,10-11,15-16,19-22,30-32,34-35,38-54,56-59,61-62H2,1-9H3,(H10-,97,98,99,100,101,110,111,112,113,114,115,116,117,118,119,120,121,122,123,124,125,126,127)/p+1/b102-64+/t67-,68-,69-,75+,76+,77-/m0/s1. The van der Waals surface area contributed by atoms with Crippen LogP contribution in [0, 0.1) is 24.7 Å². The molecule has 0 aliphatic carbocycles. The van der Waals surface area contributed by atoms with E-state index in [1.165, 1.54) is 36.1 Å². The number of unbranched alkanes of at least 4 members (excludes halogenated alkanes) is 2. The number of hydrogen-bond donors (Lipinski definition) is 11. The number of allylic oxidation sites excluding steroid dienone is 8. The van der Waals surface area contributed by atoms with E-state index in [0.717, 1.165) is 18.0 Å². The largest absolute Gasteiger partial charge is 0.481 e. The van der Waals surface area contributed by atoms with Crippen LogP contribution in [-0.2, 0) is 128 Å². The molecule has 0 fully saturated rings. The molecule has 39 heteroatoms. The number of aryl methyl sites for hydroxylation is 1. The molecule has 742 valence electrons. The Balaban J connectivity index is 1.29. The van der Waals surface area contributed by atoms with E-state index in [0.29, 0.717) is 53.9 Å². The first-order valence-electron chi connectivity index (χ1n) is 45.3. The molecular weight excluding hydrogens is 1780 g/mol. The van der Waals surface area contributed by atoms with E-state index in [1.54, 1.807) is 44.2 Å². The highest BCUT2D eigenvalue weighted by atomic mass is 32.2. The Bertz CT molecular complexity index is 4880. The number of ether oxygens (including phenoxy) is 6. The minimum absolute atomic E-state index is 0.00312. The predicted octanol–water partition coefficient (Wildman–Crippen LogP) is 8.92. The molecule has 3 aromatic carbocycles. The van der Waals surface area contributed by atoms with Crippen LogP contribution in [0.4, 0.5) is 16.2 Å². The number of Topliss-reactive ketones (excluding diaryl/α,β-unsaturated/α-hetero) is 5. The third kappa shape index (κ3) is 40.7. The number of benzene rings is 3. The lowest BCUT2D eigenvalue weighted by molar-refractivity contribution is -0.433. The number of oxime groups is 1. The van der Waals surface area contributed by atoms with Gasteiger partial charge in [0.05, 0.1) is 80.3 Å². The number of nitrogens with one attached hydrogen (secondary N) is 5. The number of alkyl carbamates (subject to hydrolysis) is 1. The van der Waals surface area contributed by atoms with Gasteiger partial charge in [0.25, 0.3) is 10.1 Å². The zero-order valence-electron chi connectivity index (χ0n) is 78.5. The number of hydrogen-bond acceptors (Lipinski definition) is 26. The smallest absolute Gasteiger partial charge is 0.407 e. The topological polar surface area (TPSA) is 555 Å². The van der Waals surface area contributed by atoms with Gasteiger partial charge in [0.2, 0.25) is 29.3 Å². The van der Waals surface area contributed by atoms with E-state index in [2.05, 4.69) is 88.3 Å². The number of nitrogens with zero attached hydrogens (tertiary/aromatic N) is 3. The van der Waals surface area contributed by atoms with Gasteiger partial charge in [-0.25, -0.2) is 4.79 Å². The number of fused-ring (bicyclic) bond motifs is 2. The average molecular weight is 1910 g/mol. The maximum atomic E-state index is 14.7. The molecule has 11 N–H and O–H groups in total. The van der Waals surface area contributed by atoms with Crippen molar-refractivity contribution in [3.05, 3.63) is 137 Å². The quantitative estimate of drug-likeness (QED) is 0.00627. The lowest BCUT2D eigenvalue weighted by Crippen LogP contribution is -2.49. The van der Waals surface area contributed by atoms with Crippen LogP contribution in [0.5, 0.6) is 0 Å². The summed E-state index contributed by atoms with van der Waals surface area (Å²) in [4.78, 5) is 204. The summed E-state index contributed by atoms with van der Waals surface area (Å²) < 4.78 is 68.7. The number of aliphatic carboxylic acids is 5. The second-order valence-electron chi connectivity index (χ2n) is 33.8. The Morgan fingerprint density at radius 3 is 1.63 bits per heavy atom. The number of carboxylic acid groups (broad SMARTS) is 5. The minimum Gasteiger partial charge on any atom is -0.481 e. The predicted molar refractivity (Wildman–Crippen MR) is 495 cm³/mol. The van der Waals surface area contributed by atoms with Crippen molar-refractivity contribution in [3.63, 3.8) is 0 Å². The number of methoxy groups -OCH3 is 1. The third-order valence-corrected chi connectivity index (χ3v) is 23.6. The number of carbonyl (C=O) groups is 15.